The highest BCUT2D eigenvalue weighted by atomic mass is 15.2. The molecule has 1 aliphatic heterocycles. The molecule has 1 rings (SSSR count). The molecule has 0 aliphatic carbocycles. The molecule has 0 bridgehead atoms. The topological polar surface area (TPSA) is 15.3 Å². The van der Waals surface area contributed by atoms with E-state index in [2.05, 4.69) is 37.9 Å². The van der Waals surface area contributed by atoms with Crippen molar-refractivity contribution >= 4 is 0 Å². The van der Waals surface area contributed by atoms with Gasteiger partial charge in [0.1, 0.15) is 0 Å². The van der Waals surface area contributed by atoms with Crippen LogP contribution in [-0.4, -0.2) is 36.6 Å². The van der Waals surface area contributed by atoms with Crippen LogP contribution in [-0.2, 0) is 0 Å². The van der Waals surface area contributed by atoms with Crippen molar-refractivity contribution in [2.45, 2.75) is 91.1 Å². The van der Waals surface area contributed by atoms with Crippen LogP contribution >= 0.6 is 0 Å². The van der Waals surface area contributed by atoms with Gasteiger partial charge in [-0.3, -0.25) is 4.90 Å². The van der Waals surface area contributed by atoms with E-state index < -0.39 is 0 Å². The summed E-state index contributed by atoms with van der Waals surface area (Å²) < 4.78 is 0. The Hall–Kier alpha value is -0.0800. The van der Waals surface area contributed by atoms with Gasteiger partial charge in [0, 0.05) is 25.2 Å². The largest absolute Gasteiger partial charge is 0.311 e. The Kier molecular flexibility index (Phi) is 9.54. The maximum atomic E-state index is 3.73. The number of nitrogens with zero attached hydrogens (tertiary/aromatic N) is 1. The lowest BCUT2D eigenvalue weighted by molar-refractivity contribution is 0.108. The lowest BCUT2D eigenvalue weighted by Crippen LogP contribution is -2.57. The summed E-state index contributed by atoms with van der Waals surface area (Å²) in [5.41, 5.74) is 0. The smallest absolute Gasteiger partial charge is 0.0218 e. The standard InChI is InChI=1S/C18H38N2/c1-5-7-8-9-10-11-12-13-20-15-18(16(3)4)19-14-17(20)6-2/h16-19H,5-15H2,1-4H3. The zero-order chi connectivity index (χ0) is 14.8. The molecule has 120 valence electrons. The van der Waals surface area contributed by atoms with Gasteiger partial charge in [0.25, 0.3) is 0 Å². The van der Waals surface area contributed by atoms with E-state index in [1.807, 2.05) is 0 Å². The summed E-state index contributed by atoms with van der Waals surface area (Å²) in [6.07, 6.45) is 11.2. The number of unbranched alkanes of at least 4 members (excludes halogenated alkanes) is 6. The highest BCUT2D eigenvalue weighted by Crippen LogP contribution is 2.16. The van der Waals surface area contributed by atoms with Crippen LogP contribution in [0, 0.1) is 5.92 Å². The predicted octanol–water partition coefficient (Wildman–Crippen LogP) is 4.45. The Balaban J connectivity index is 2.18. The van der Waals surface area contributed by atoms with Gasteiger partial charge in [-0.15, -0.1) is 0 Å². The molecule has 2 nitrogen and oxygen atoms in total. The second-order valence-corrected chi connectivity index (χ2v) is 6.94. The van der Waals surface area contributed by atoms with E-state index in [4.69, 9.17) is 0 Å². The number of hydrogen-bond donors (Lipinski definition) is 1. The molecule has 2 atom stereocenters. The first-order chi connectivity index (χ1) is 9.69. The number of hydrogen-bond acceptors (Lipinski definition) is 2. The molecule has 0 spiro atoms. The zero-order valence-electron chi connectivity index (χ0n) is 14.5. The summed E-state index contributed by atoms with van der Waals surface area (Å²) in [6.45, 7) is 13.1. The highest BCUT2D eigenvalue weighted by molar-refractivity contribution is 4.86. The van der Waals surface area contributed by atoms with E-state index in [0.29, 0.717) is 6.04 Å². The first-order valence-corrected chi connectivity index (χ1v) is 9.16. The molecule has 0 aromatic rings. The second-order valence-electron chi connectivity index (χ2n) is 6.94. The van der Waals surface area contributed by atoms with E-state index >= 15 is 0 Å². The molecular weight excluding hydrogens is 244 g/mol. The fourth-order valence-corrected chi connectivity index (χ4v) is 3.28. The number of piperazine rings is 1. The average molecular weight is 283 g/mol. The summed E-state index contributed by atoms with van der Waals surface area (Å²) in [5, 5.41) is 3.73. The zero-order valence-corrected chi connectivity index (χ0v) is 14.5. The molecule has 0 amide bonds. The molecule has 0 aromatic carbocycles. The molecule has 0 aromatic heterocycles. The van der Waals surface area contributed by atoms with E-state index in [1.165, 1.54) is 71.0 Å². The number of rotatable bonds is 10. The molecule has 0 saturated carbocycles. The minimum Gasteiger partial charge on any atom is -0.311 e. The van der Waals surface area contributed by atoms with Crippen molar-refractivity contribution in [2.75, 3.05) is 19.6 Å². The van der Waals surface area contributed by atoms with E-state index in [9.17, 15) is 0 Å². The normalized spacial score (nSPS) is 24.4. The molecule has 1 fully saturated rings. The van der Waals surface area contributed by atoms with Crippen molar-refractivity contribution in [3.8, 4) is 0 Å². The van der Waals surface area contributed by atoms with Crippen molar-refractivity contribution in [1.29, 1.82) is 0 Å². The van der Waals surface area contributed by atoms with Crippen molar-refractivity contribution in [3.63, 3.8) is 0 Å². The Morgan fingerprint density at radius 1 is 1.00 bits per heavy atom. The summed E-state index contributed by atoms with van der Waals surface area (Å²) in [7, 11) is 0. The third-order valence-electron chi connectivity index (χ3n) is 4.89. The Bertz CT molecular complexity index is 227. The summed E-state index contributed by atoms with van der Waals surface area (Å²) in [6, 6.07) is 1.47. The average Bonchev–Trinajstić information content (AvgIpc) is 2.46. The van der Waals surface area contributed by atoms with Gasteiger partial charge < -0.3 is 5.32 Å². The highest BCUT2D eigenvalue weighted by Gasteiger charge is 2.27. The molecular formula is C18H38N2. The lowest BCUT2D eigenvalue weighted by atomic mass is 9.98. The molecule has 1 aliphatic rings. The third-order valence-corrected chi connectivity index (χ3v) is 4.89. The van der Waals surface area contributed by atoms with Crippen LogP contribution in [0.5, 0.6) is 0 Å². The quantitative estimate of drug-likeness (QED) is 0.596. The van der Waals surface area contributed by atoms with Crippen LogP contribution in [0.1, 0.15) is 79.1 Å². The molecule has 2 heteroatoms. The van der Waals surface area contributed by atoms with Crippen LogP contribution in [0.15, 0.2) is 0 Å². The fraction of sp³-hybridized carbons (Fsp3) is 1.00. The summed E-state index contributed by atoms with van der Waals surface area (Å²) in [4.78, 5) is 2.76. The molecule has 1 N–H and O–H groups in total. The van der Waals surface area contributed by atoms with Crippen molar-refractivity contribution in [1.82, 2.24) is 10.2 Å². The van der Waals surface area contributed by atoms with Crippen molar-refractivity contribution in [3.05, 3.63) is 0 Å². The predicted molar refractivity (Wildman–Crippen MR) is 90.3 cm³/mol. The van der Waals surface area contributed by atoms with E-state index in [0.717, 1.165) is 12.0 Å². The Labute approximate surface area is 127 Å². The van der Waals surface area contributed by atoms with Crippen LogP contribution < -0.4 is 5.32 Å². The van der Waals surface area contributed by atoms with Gasteiger partial charge in [-0.25, -0.2) is 0 Å². The summed E-state index contributed by atoms with van der Waals surface area (Å²) >= 11 is 0. The van der Waals surface area contributed by atoms with Crippen LogP contribution in [0.3, 0.4) is 0 Å². The van der Waals surface area contributed by atoms with Gasteiger partial charge in [0.15, 0.2) is 0 Å². The van der Waals surface area contributed by atoms with Crippen LogP contribution in [0.25, 0.3) is 0 Å². The fourth-order valence-electron chi connectivity index (χ4n) is 3.28. The minimum atomic E-state index is 0.697. The molecule has 0 radical (unpaired) electrons. The third kappa shape index (κ3) is 6.58. The number of nitrogens with one attached hydrogen (secondary N) is 1. The maximum Gasteiger partial charge on any atom is 0.0218 e. The minimum absolute atomic E-state index is 0.697. The maximum absolute atomic E-state index is 3.73. The van der Waals surface area contributed by atoms with E-state index in [-0.39, 0.29) is 0 Å². The van der Waals surface area contributed by atoms with Crippen LogP contribution in [0.2, 0.25) is 0 Å². The first-order valence-electron chi connectivity index (χ1n) is 9.16. The Morgan fingerprint density at radius 3 is 2.25 bits per heavy atom. The van der Waals surface area contributed by atoms with Gasteiger partial charge in [-0.05, 0) is 25.3 Å². The van der Waals surface area contributed by atoms with Gasteiger partial charge >= 0.3 is 0 Å². The summed E-state index contributed by atoms with van der Waals surface area (Å²) in [5.74, 6) is 0.754. The van der Waals surface area contributed by atoms with Crippen LogP contribution in [0.4, 0.5) is 0 Å². The van der Waals surface area contributed by atoms with Gasteiger partial charge in [0.05, 0.1) is 0 Å². The molecule has 1 heterocycles. The second kappa shape index (κ2) is 10.6. The Morgan fingerprint density at radius 2 is 1.65 bits per heavy atom. The van der Waals surface area contributed by atoms with Gasteiger partial charge in [-0.1, -0.05) is 66.2 Å². The van der Waals surface area contributed by atoms with Gasteiger partial charge in [0.2, 0.25) is 0 Å². The SMILES string of the molecule is CCCCCCCCCN1CC(C(C)C)NCC1CC. The monoisotopic (exact) mass is 282 g/mol. The first kappa shape index (κ1) is 18.0. The lowest BCUT2D eigenvalue weighted by Gasteiger charge is -2.41. The van der Waals surface area contributed by atoms with E-state index in [1.54, 1.807) is 0 Å². The van der Waals surface area contributed by atoms with Gasteiger partial charge in [-0.2, -0.15) is 0 Å². The molecule has 20 heavy (non-hydrogen) atoms. The molecule has 1 saturated heterocycles. The van der Waals surface area contributed by atoms with Crippen molar-refractivity contribution in [2.24, 2.45) is 5.92 Å². The van der Waals surface area contributed by atoms with Crippen molar-refractivity contribution < 1.29 is 0 Å². The molecule has 2 unspecified atom stereocenters.